The molecule has 0 fully saturated rings. The third-order valence-corrected chi connectivity index (χ3v) is 1.43. The summed E-state index contributed by atoms with van der Waals surface area (Å²) in [5.41, 5.74) is 0.935. The molecule has 1 aromatic heterocycles. The number of nitrogens with zero attached hydrogens (tertiary/aromatic N) is 1. The van der Waals surface area contributed by atoms with Crippen molar-refractivity contribution in [3.05, 3.63) is 42.6 Å². The molecule has 0 bridgehead atoms. The number of fused-ring (bicyclic) bond motifs is 1. The van der Waals surface area contributed by atoms with Crippen molar-refractivity contribution in [1.29, 1.82) is 0 Å². The number of benzene rings is 1. The van der Waals surface area contributed by atoms with Crippen molar-refractivity contribution in [2.45, 2.75) is 0 Å². The van der Waals surface area contributed by atoms with Crippen molar-refractivity contribution >= 4 is 10.9 Å². The van der Waals surface area contributed by atoms with Gasteiger partial charge in [0.25, 0.3) is 0 Å². The Bertz CT molecular complexity index is 281. The van der Waals surface area contributed by atoms with Crippen LogP contribution in [0.2, 0.25) is 0 Å². The van der Waals surface area contributed by atoms with Crippen molar-refractivity contribution in [3.63, 3.8) is 0 Å². The van der Waals surface area contributed by atoms with Gasteiger partial charge in [-0.05, 0) is 5.52 Å². The summed E-state index contributed by atoms with van der Waals surface area (Å²) in [5.74, 6) is 0. The summed E-state index contributed by atoms with van der Waals surface area (Å²) in [6.07, 6.45) is 1.78. The van der Waals surface area contributed by atoms with Gasteiger partial charge in [-0.1, -0.05) is 6.07 Å². The molecule has 0 saturated heterocycles. The molecule has 1 heterocycles. The molecule has 2 aromatic rings. The van der Waals surface area contributed by atoms with E-state index in [0.717, 1.165) is 10.9 Å². The zero-order valence-corrected chi connectivity index (χ0v) is 7.38. The van der Waals surface area contributed by atoms with Crippen LogP contribution < -0.4 is 0 Å². The molecule has 11 heavy (non-hydrogen) atoms. The Hall–Kier alpha value is -0.747. The second kappa shape index (κ2) is 3.59. The first kappa shape index (κ1) is 8.35. The predicted molar refractivity (Wildman–Crippen MR) is 40.6 cm³/mol. The first-order chi connectivity index (χ1) is 4.97. The fraction of sp³-hybridized carbons (Fsp3) is 0. The number of rotatable bonds is 0. The third kappa shape index (κ3) is 1.64. The topological polar surface area (TPSA) is 12.9 Å². The van der Waals surface area contributed by atoms with Gasteiger partial charge >= 0.3 is 0 Å². The average Bonchev–Trinajstić information content (AvgIpc) is 2.05. The van der Waals surface area contributed by atoms with E-state index >= 15 is 0 Å². The van der Waals surface area contributed by atoms with Crippen molar-refractivity contribution in [3.8, 4) is 0 Å². The van der Waals surface area contributed by atoms with Crippen LogP contribution in [-0.4, -0.2) is 4.98 Å². The van der Waals surface area contributed by atoms with E-state index < -0.39 is 0 Å². The van der Waals surface area contributed by atoms with Crippen molar-refractivity contribution < 1.29 is 19.5 Å². The predicted octanol–water partition coefficient (Wildman–Crippen LogP) is 2.03. The average molecular weight is 231 g/mol. The number of para-hydroxylation sites is 1. The maximum absolute atomic E-state index is 4.13. The van der Waals surface area contributed by atoms with E-state index in [1.54, 1.807) is 6.20 Å². The summed E-state index contributed by atoms with van der Waals surface area (Å²) in [5, 5.41) is 1.14. The van der Waals surface area contributed by atoms with Crippen LogP contribution in [0.25, 0.3) is 10.9 Å². The quantitative estimate of drug-likeness (QED) is 0.499. The Kier molecular flexibility index (Phi) is 2.72. The minimum absolute atomic E-state index is 0. The molecular formula is C9H6NRh-. The van der Waals surface area contributed by atoms with Crippen LogP contribution in [-0.2, 0) is 19.5 Å². The van der Waals surface area contributed by atoms with Crippen molar-refractivity contribution in [2.75, 3.05) is 0 Å². The number of pyridine rings is 1. The van der Waals surface area contributed by atoms with Crippen LogP contribution in [0.15, 0.2) is 36.5 Å². The summed E-state index contributed by atoms with van der Waals surface area (Å²) in [7, 11) is 0. The van der Waals surface area contributed by atoms with E-state index in [4.69, 9.17) is 0 Å². The van der Waals surface area contributed by atoms with Gasteiger partial charge in [0.2, 0.25) is 0 Å². The normalized spacial score (nSPS) is 9.09. The van der Waals surface area contributed by atoms with Crippen LogP contribution in [0, 0.1) is 6.07 Å². The third-order valence-electron chi connectivity index (χ3n) is 1.43. The van der Waals surface area contributed by atoms with E-state index in [2.05, 4.69) is 11.1 Å². The molecule has 0 aliphatic carbocycles. The summed E-state index contributed by atoms with van der Waals surface area (Å²) < 4.78 is 0. The molecule has 1 aromatic carbocycles. The monoisotopic (exact) mass is 231 g/mol. The van der Waals surface area contributed by atoms with E-state index in [9.17, 15) is 0 Å². The first-order valence-electron chi connectivity index (χ1n) is 3.18. The Balaban J connectivity index is 0.000000605. The molecule has 0 amide bonds. The number of hydrogen-bond donors (Lipinski definition) is 0. The van der Waals surface area contributed by atoms with Crippen LogP contribution in [0.5, 0.6) is 0 Å². The largest absolute Gasteiger partial charge is 0.283 e. The molecule has 57 valence electrons. The minimum atomic E-state index is 0. The summed E-state index contributed by atoms with van der Waals surface area (Å²) >= 11 is 0. The van der Waals surface area contributed by atoms with Gasteiger partial charge in [0.05, 0.1) is 0 Å². The fourth-order valence-electron chi connectivity index (χ4n) is 0.952. The Morgan fingerprint density at radius 3 is 2.82 bits per heavy atom. The smallest absolute Gasteiger partial charge is 0.0239 e. The van der Waals surface area contributed by atoms with Crippen molar-refractivity contribution in [2.24, 2.45) is 0 Å². The second-order valence-electron chi connectivity index (χ2n) is 2.11. The van der Waals surface area contributed by atoms with Gasteiger partial charge in [-0.2, -0.15) is 24.3 Å². The zero-order valence-electron chi connectivity index (χ0n) is 5.74. The van der Waals surface area contributed by atoms with Gasteiger partial charge in [0.15, 0.2) is 0 Å². The summed E-state index contributed by atoms with van der Waals surface area (Å²) in [6.45, 7) is 0. The molecule has 0 aliphatic rings. The molecule has 0 atom stereocenters. The van der Waals surface area contributed by atoms with Crippen LogP contribution >= 0.6 is 0 Å². The maximum atomic E-state index is 4.13. The second-order valence-corrected chi connectivity index (χ2v) is 2.11. The Labute approximate surface area is 78.2 Å². The molecule has 0 saturated carbocycles. The Morgan fingerprint density at radius 1 is 1.18 bits per heavy atom. The molecule has 0 aliphatic heterocycles. The van der Waals surface area contributed by atoms with E-state index in [-0.39, 0.29) is 19.5 Å². The molecule has 0 unspecified atom stereocenters. The summed E-state index contributed by atoms with van der Waals surface area (Å²) in [4.78, 5) is 4.13. The standard InChI is InChI=1S/C9H6N.Rh/c1-2-6-9-8(4-1)5-3-7-10-9;/h1-5,7H;/q-1;. The molecule has 0 spiro atoms. The van der Waals surface area contributed by atoms with E-state index in [1.807, 2.05) is 30.3 Å². The van der Waals surface area contributed by atoms with Crippen LogP contribution in [0.1, 0.15) is 0 Å². The first-order valence-corrected chi connectivity index (χ1v) is 3.18. The van der Waals surface area contributed by atoms with Gasteiger partial charge in [-0.3, -0.25) is 4.98 Å². The molecule has 1 radical (unpaired) electrons. The zero-order chi connectivity index (χ0) is 6.81. The number of hydrogen-bond acceptors (Lipinski definition) is 1. The van der Waals surface area contributed by atoms with Gasteiger partial charge in [0.1, 0.15) is 0 Å². The molecule has 2 rings (SSSR count). The molecule has 0 N–H and O–H groups in total. The van der Waals surface area contributed by atoms with Crippen LogP contribution in [0.4, 0.5) is 0 Å². The Morgan fingerprint density at radius 2 is 2.00 bits per heavy atom. The SMILES string of the molecule is [Rh].[c-]1cccc2cccnc12. The van der Waals surface area contributed by atoms with Gasteiger partial charge < -0.3 is 0 Å². The molecule has 1 nitrogen and oxygen atoms in total. The van der Waals surface area contributed by atoms with Crippen molar-refractivity contribution in [1.82, 2.24) is 4.98 Å². The molecule has 2 heteroatoms. The van der Waals surface area contributed by atoms with Gasteiger partial charge in [-0.25, -0.2) is 0 Å². The maximum Gasteiger partial charge on any atom is 0.0239 e. The van der Waals surface area contributed by atoms with Crippen LogP contribution in [0.3, 0.4) is 0 Å². The van der Waals surface area contributed by atoms with Gasteiger partial charge in [0, 0.05) is 25.7 Å². The fourth-order valence-corrected chi connectivity index (χ4v) is 0.952. The minimum Gasteiger partial charge on any atom is -0.283 e. The molecular weight excluding hydrogens is 225 g/mol. The summed E-state index contributed by atoms with van der Waals surface area (Å²) in [6, 6.07) is 12.9. The van der Waals surface area contributed by atoms with Gasteiger partial charge in [-0.15, -0.1) is 11.5 Å². The van der Waals surface area contributed by atoms with E-state index in [0.29, 0.717) is 0 Å². The van der Waals surface area contributed by atoms with E-state index in [1.165, 1.54) is 0 Å². The number of aromatic nitrogens is 1.